The van der Waals surface area contributed by atoms with E-state index in [4.69, 9.17) is 4.74 Å². The van der Waals surface area contributed by atoms with Crippen molar-refractivity contribution in [2.75, 3.05) is 6.61 Å². The molecule has 2 aromatic rings. The predicted molar refractivity (Wildman–Crippen MR) is 62.5 cm³/mol. The third-order valence-electron chi connectivity index (χ3n) is 2.87. The van der Waals surface area contributed by atoms with Gasteiger partial charge in [-0.2, -0.15) is 5.10 Å². The maximum absolute atomic E-state index is 5.69. The van der Waals surface area contributed by atoms with E-state index >= 15 is 0 Å². The normalized spacial score (nSPS) is 14.3. The molecular weight excluding hydrogens is 200 g/mol. The molecule has 3 heteroatoms. The second-order valence-corrected chi connectivity index (χ2v) is 4.16. The third-order valence-corrected chi connectivity index (χ3v) is 2.87. The van der Waals surface area contributed by atoms with Crippen molar-refractivity contribution < 1.29 is 4.74 Å². The van der Waals surface area contributed by atoms with Gasteiger partial charge in [-0.3, -0.25) is 0 Å². The van der Waals surface area contributed by atoms with Gasteiger partial charge >= 0.3 is 0 Å². The number of ether oxygens (including phenoxy) is 1. The van der Waals surface area contributed by atoms with Gasteiger partial charge in [-0.05, 0) is 12.5 Å². The molecule has 0 spiro atoms. The molecule has 0 N–H and O–H groups in total. The van der Waals surface area contributed by atoms with Crippen molar-refractivity contribution >= 4 is 0 Å². The summed E-state index contributed by atoms with van der Waals surface area (Å²) in [4.78, 5) is 0. The van der Waals surface area contributed by atoms with Crippen LogP contribution in [-0.2, 0) is 6.54 Å². The number of hydrogen-bond donors (Lipinski definition) is 0. The van der Waals surface area contributed by atoms with Crippen LogP contribution in [0.5, 0.6) is 5.88 Å². The second kappa shape index (κ2) is 3.67. The van der Waals surface area contributed by atoms with E-state index in [-0.39, 0.29) is 0 Å². The van der Waals surface area contributed by atoms with Gasteiger partial charge in [0.1, 0.15) is 0 Å². The molecular formula is C13H14N2O. The fourth-order valence-electron chi connectivity index (χ4n) is 2.08. The van der Waals surface area contributed by atoms with Crippen molar-refractivity contribution in [1.82, 2.24) is 9.78 Å². The molecule has 0 fully saturated rings. The van der Waals surface area contributed by atoms with Crippen LogP contribution in [0.1, 0.15) is 12.0 Å². The van der Waals surface area contributed by atoms with E-state index < -0.39 is 0 Å². The van der Waals surface area contributed by atoms with E-state index in [1.165, 1.54) is 11.1 Å². The molecule has 0 radical (unpaired) electrons. The zero-order valence-electron chi connectivity index (χ0n) is 9.31. The molecule has 1 aliphatic heterocycles. The van der Waals surface area contributed by atoms with E-state index in [2.05, 4.69) is 36.3 Å². The van der Waals surface area contributed by atoms with Crippen LogP contribution in [0.2, 0.25) is 0 Å². The lowest BCUT2D eigenvalue weighted by Gasteiger charge is -2.16. The van der Waals surface area contributed by atoms with Crippen LogP contribution >= 0.6 is 0 Å². The van der Waals surface area contributed by atoms with Crippen molar-refractivity contribution in [1.29, 1.82) is 0 Å². The number of hydrogen-bond acceptors (Lipinski definition) is 2. The van der Waals surface area contributed by atoms with Gasteiger partial charge < -0.3 is 4.74 Å². The number of rotatable bonds is 1. The van der Waals surface area contributed by atoms with Crippen molar-refractivity contribution in [3.8, 4) is 17.0 Å². The largest absolute Gasteiger partial charge is 0.477 e. The molecule has 82 valence electrons. The number of fused-ring (bicyclic) bond motifs is 1. The smallest absolute Gasteiger partial charge is 0.219 e. The highest BCUT2D eigenvalue weighted by Gasteiger charge is 2.17. The Kier molecular flexibility index (Phi) is 2.17. The first-order valence-electron chi connectivity index (χ1n) is 5.60. The Morgan fingerprint density at radius 3 is 3.19 bits per heavy atom. The fraction of sp³-hybridized carbons (Fsp3) is 0.308. The average molecular weight is 214 g/mol. The first kappa shape index (κ1) is 9.46. The minimum Gasteiger partial charge on any atom is -0.477 e. The summed E-state index contributed by atoms with van der Waals surface area (Å²) in [5.74, 6) is 0.914. The monoisotopic (exact) mass is 214 g/mol. The van der Waals surface area contributed by atoms with E-state index in [1.807, 2.05) is 10.9 Å². The summed E-state index contributed by atoms with van der Waals surface area (Å²) >= 11 is 0. The lowest BCUT2D eigenvalue weighted by molar-refractivity contribution is 0.231. The number of nitrogens with zero attached hydrogens (tertiary/aromatic N) is 2. The predicted octanol–water partition coefficient (Wildman–Crippen LogP) is 2.64. The molecule has 3 nitrogen and oxygen atoms in total. The van der Waals surface area contributed by atoms with Crippen LogP contribution in [0.4, 0.5) is 0 Å². The Balaban J connectivity index is 2.09. The summed E-state index contributed by atoms with van der Waals surface area (Å²) in [7, 11) is 0. The van der Waals surface area contributed by atoms with Crippen molar-refractivity contribution in [2.24, 2.45) is 0 Å². The SMILES string of the molecule is Cc1cccc(-c2cnn3c2OCCC3)c1. The maximum Gasteiger partial charge on any atom is 0.219 e. The molecule has 0 atom stereocenters. The molecule has 2 heterocycles. The first-order chi connectivity index (χ1) is 7.84. The summed E-state index contributed by atoms with van der Waals surface area (Å²) in [6, 6.07) is 8.43. The molecule has 1 aromatic heterocycles. The minimum atomic E-state index is 0.796. The highest BCUT2D eigenvalue weighted by atomic mass is 16.5. The Labute approximate surface area is 94.7 Å². The molecule has 0 aliphatic carbocycles. The summed E-state index contributed by atoms with van der Waals surface area (Å²) < 4.78 is 7.63. The highest BCUT2D eigenvalue weighted by Crippen LogP contribution is 2.32. The third kappa shape index (κ3) is 1.48. The average Bonchev–Trinajstić information content (AvgIpc) is 2.72. The van der Waals surface area contributed by atoms with Gasteiger partial charge in [-0.25, -0.2) is 4.68 Å². The number of aromatic nitrogens is 2. The van der Waals surface area contributed by atoms with Crippen LogP contribution in [0.25, 0.3) is 11.1 Å². The Morgan fingerprint density at radius 2 is 2.31 bits per heavy atom. The Hall–Kier alpha value is -1.77. The molecule has 0 amide bonds. The maximum atomic E-state index is 5.69. The quantitative estimate of drug-likeness (QED) is 0.729. The summed E-state index contributed by atoms with van der Waals surface area (Å²) in [5.41, 5.74) is 3.54. The Morgan fingerprint density at radius 1 is 1.38 bits per heavy atom. The van der Waals surface area contributed by atoms with Crippen LogP contribution < -0.4 is 4.74 Å². The van der Waals surface area contributed by atoms with Crippen LogP contribution in [0.3, 0.4) is 0 Å². The molecule has 3 rings (SSSR count). The number of benzene rings is 1. The van der Waals surface area contributed by atoms with Crippen molar-refractivity contribution in [3.63, 3.8) is 0 Å². The molecule has 0 saturated carbocycles. The van der Waals surface area contributed by atoms with E-state index in [0.29, 0.717) is 0 Å². The van der Waals surface area contributed by atoms with Crippen molar-refractivity contribution in [3.05, 3.63) is 36.0 Å². The molecule has 0 unspecified atom stereocenters. The molecule has 16 heavy (non-hydrogen) atoms. The molecule has 0 saturated heterocycles. The van der Waals surface area contributed by atoms with Gasteiger partial charge in [0.15, 0.2) is 0 Å². The zero-order valence-corrected chi connectivity index (χ0v) is 9.31. The first-order valence-corrected chi connectivity index (χ1v) is 5.60. The summed E-state index contributed by atoms with van der Waals surface area (Å²) in [5, 5.41) is 4.35. The van der Waals surface area contributed by atoms with Crippen LogP contribution in [0.15, 0.2) is 30.5 Å². The van der Waals surface area contributed by atoms with E-state index in [0.717, 1.165) is 31.0 Å². The Bertz CT molecular complexity index is 516. The van der Waals surface area contributed by atoms with E-state index in [9.17, 15) is 0 Å². The summed E-state index contributed by atoms with van der Waals surface area (Å²) in [6.07, 6.45) is 2.94. The van der Waals surface area contributed by atoms with Gasteiger partial charge in [0.2, 0.25) is 5.88 Å². The summed E-state index contributed by atoms with van der Waals surface area (Å²) in [6.45, 7) is 3.85. The lowest BCUT2D eigenvalue weighted by Crippen LogP contribution is -2.14. The second-order valence-electron chi connectivity index (χ2n) is 4.16. The molecule has 1 aliphatic rings. The number of aryl methyl sites for hydroxylation is 2. The van der Waals surface area contributed by atoms with Gasteiger partial charge in [0.25, 0.3) is 0 Å². The molecule has 1 aromatic carbocycles. The van der Waals surface area contributed by atoms with Gasteiger partial charge in [-0.1, -0.05) is 29.8 Å². The topological polar surface area (TPSA) is 27.1 Å². The fourth-order valence-corrected chi connectivity index (χ4v) is 2.08. The zero-order chi connectivity index (χ0) is 11.0. The van der Waals surface area contributed by atoms with Gasteiger partial charge in [-0.15, -0.1) is 0 Å². The highest BCUT2D eigenvalue weighted by molar-refractivity contribution is 5.68. The van der Waals surface area contributed by atoms with Gasteiger partial charge in [0, 0.05) is 13.0 Å². The standard InChI is InChI=1S/C13H14N2O/c1-10-4-2-5-11(8-10)12-9-14-15-6-3-7-16-13(12)15/h2,4-5,8-9H,3,6-7H2,1H3. The van der Waals surface area contributed by atoms with E-state index in [1.54, 1.807) is 0 Å². The lowest BCUT2D eigenvalue weighted by atomic mass is 10.1. The van der Waals surface area contributed by atoms with Crippen LogP contribution in [-0.4, -0.2) is 16.4 Å². The van der Waals surface area contributed by atoms with Crippen LogP contribution in [0, 0.1) is 6.92 Å². The van der Waals surface area contributed by atoms with Crippen molar-refractivity contribution in [2.45, 2.75) is 19.9 Å². The minimum absolute atomic E-state index is 0.796. The van der Waals surface area contributed by atoms with Gasteiger partial charge in [0.05, 0.1) is 18.4 Å². The molecule has 0 bridgehead atoms.